The molecule has 6 nitrogen and oxygen atoms in total. The SMILES string of the molecule is O=C(Nc1cccnc1)c1cccc(Nc2ncccn2)c1. The highest BCUT2D eigenvalue weighted by Gasteiger charge is 2.07. The van der Waals surface area contributed by atoms with E-state index >= 15 is 0 Å². The lowest BCUT2D eigenvalue weighted by molar-refractivity contribution is 0.102. The normalized spacial score (nSPS) is 10.0. The van der Waals surface area contributed by atoms with Gasteiger partial charge in [-0.1, -0.05) is 6.07 Å². The molecule has 0 aliphatic rings. The number of amides is 1. The summed E-state index contributed by atoms with van der Waals surface area (Å²) < 4.78 is 0. The number of benzene rings is 1. The van der Waals surface area contributed by atoms with Crippen LogP contribution >= 0.6 is 0 Å². The Kier molecular flexibility index (Phi) is 4.01. The van der Waals surface area contributed by atoms with Crippen LogP contribution < -0.4 is 10.6 Å². The van der Waals surface area contributed by atoms with Gasteiger partial charge in [0.25, 0.3) is 5.91 Å². The Labute approximate surface area is 127 Å². The maximum atomic E-state index is 12.2. The summed E-state index contributed by atoms with van der Waals surface area (Å²) >= 11 is 0. The lowest BCUT2D eigenvalue weighted by Crippen LogP contribution is -2.12. The molecular formula is C16H13N5O. The van der Waals surface area contributed by atoms with E-state index in [1.54, 1.807) is 61.2 Å². The number of carbonyl (C=O) groups is 1. The molecule has 0 aliphatic carbocycles. The number of anilines is 3. The Morgan fingerprint density at radius 1 is 0.909 bits per heavy atom. The molecule has 3 aromatic rings. The van der Waals surface area contributed by atoms with Gasteiger partial charge in [-0.2, -0.15) is 0 Å². The van der Waals surface area contributed by atoms with Crippen LogP contribution in [-0.4, -0.2) is 20.9 Å². The number of hydrogen-bond acceptors (Lipinski definition) is 5. The molecule has 108 valence electrons. The minimum atomic E-state index is -0.203. The molecule has 0 bridgehead atoms. The van der Waals surface area contributed by atoms with Crippen LogP contribution in [0.15, 0.2) is 67.3 Å². The zero-order valence-electron chi connectivity index (χ0n) is 11.6. The van der Waals surface area contributed by atoms with E-state index in [0.29, 0.717) is 17.2 Å². The Balaban J connectivity index is 1.75. The molecule has 2 aromatic heterocycles. The minimum absolute atomic E-state index is 0.203. The molecular weight excluding hydrogens is 278 g/mol. The molecule has 0 atom stereocenters. The summed E-state index contributed by atoms with van der Waals surface area (Å²) in [7, 11) is 0. The van der Waals surface area contributed by atoms with Crippen molar-refractivity contribution in [1.29, 1.82) is 0 Å². The molecule has 0 unspecified atom stereocenters. The van der Waals surface area contributed by atoms with Crippen LogP contribution in [0.2, 0.25) is 0 Å². The Morgan fingerprint density at radius 3 is 2.50 bits per heavy atom. The number of hydrogen-bond donors (Lipinski definition) is 2. The van der Waals surface area contributed by atoms with Gasteiger partial charge < -0.3 is 10.6 Å². The van der Waals surface area contributed by atoms with Crippen LogP contribution in [0.1, 0.15) is 10.4 Å². The minimum Gasteiger partial charge on any atom is -0.324 e. The molecule has 0 saturated heterocycles. The number of aromatic nitrogens is 3. The maximum absolute atomic E-state index is 12.2. The third kappa shape index (κ3) is 3.43. The standard InChI is InChI=1S/C16H13N5O/c22-15(20-14-6-2-7-17-11-14)12-4-1-5-13(10-12)21-16-18-8-3-9-19-16/h1-11H,(H,20,22)(H,18,19,21). The fourth-order valence-corrected chi connectivity index (χ4v) is 1.87. The van der Waals surface area contributed by atoms with Crippen LogP contribution in [0.5, 0.6) is 0 Å². The van der Waals surface area contributed by atoms with Gasteiger partial charge >= 0.3 is 0 Å². The van der Waals surface area contributed by atoms with E-state index < -0.39 is 0 Å². The molecule has 0 saturated carbocycles. The summed E-state index contributed by atoms with van der Waals surface area (Å²) in [6.45, 7) is 0. The van der Waals surface area contributed by atoms with Crippen LogP contribution in [-0.2, 0) is 0 Å². The maximum Gasteiger partial charge on any atom is 0.255 e. The molecule has 2 N–H and O–H groups in total. The third-order valence-electron chi connectivity index (χ3n) is 2.87. The number of nitrogens with zero attached hydrogens (tertiary/aromatic N) is 3. The van der Waals surface area contributed by atoms with Crippen LogP contribution in [0.25, 0.3) is 0 Å². The largest absolute Gasteiger partial charge is 0.324 e. The summed E-state index contributed by atoms with van der Waals surface area (Å²) in [5.41, 5.74) is 1.92. The van der Waals surface area contributed by atoms with Gasteiger partial charge in [-0.25, -0.2) is 9.97 Å². The number of nitrogens with one attached hydrogen (secondary N) is 2. The van der Waals surface area contributed by atoms with E-state index in [-0.39, 0.29) is 5.91 Å². The molecule has 2 heterocycles. The lowest BCUT2D eigenvalue weighted by Gasteiger charge is -2.07. The van der Waals surface area contributed by atoms with Crippen molar-refractivity contribution in [3.63, 3.8) is 0 Å². The first-order valence-corrected chi connectivity index (χ1v) is 6.67. The Hall–Kier alpha value is -3.28. The van der Waals surface area contributed by atoms with Gasteiger partial charge in [-0.05, 0) is 36.4 Å². The van der Waals surface area contributed by atoms with Gasteiger partial charge in [-0.15, -0.1) is 0 Å². The monoisotopic (exact) mass is 291 g/mol. The molecule has 3 rings (SSSR count). The van der Waals surface area contributed by atoms with Crippen LogP contribution in [0, 0.1) is 0 Å². The van der Waals surface area contributed by atoms with Gasteiger partial charge in [0.1, 0.15) is 0 Å². The van der Waals surface area contributed by atoms with Gasteiger partial charge in [-0.3, -0.25) is 9.78 Å². The second-order valence-corrected chi connectivity index (χ2v) is 4.47. The first kappa shape index (κ1) is 13.7. The van der Waals surface area contributed by atoms with Crippen molar-refractivity contribution in [3.05, 3.63) is 72.8 Å². The van der Waals surface area contributed by atoms with E-state index in [9.17, 15) is 4.79 Å². The van der Waals surface area contributed by atoms with Gasteiger partial charge in [0.15, 0.2) is 0 Å². The van der Waals surface area contributed by atoms with E-state index in [2.05, 4.69) is 25.6 Å². The Bertz CT molecular complexity index is 762. The van der Waals surface area contributed by atoms with E-state index in [1.807, 2.05) is 6.07 Å². The fourth-order valence-electron chi connectivity index (χ4n) is 1.87. The summed E-state index contributed by atoms with van der Waals surface area (Å²) in [5.74, 6) is 0.276. The first-order valence-electron chi connectivity index (χ1n) is 6.67. The molecule has 22 heavy (non-hydrogen) atoms. The molecule has 0 radical (unpaired) electrons. The zero-order chi connectivity index (χ0) is 15.2. The quantitative estimate of drug-likeness (QED) is 0.772. The molecule has 0 fully saturated rings. The van der Waals surface area contributed by atoms with Crippen molar-refractivity contribution < 1.29 is 4.79 Å². The van der Waals surface area contributed by atoms with Crippen molar-refractivity contribution in [1.82, 2.24) is 15.0 Å². The van der Waals surface area contributed by atoms with Gasteiger partial charge in [0.05, 0.1) is 11.9 Å². The second kappa shape index (κ2) is 6.45. The summed E-state index contributed by atoms with van der Waals surface area (Å²) in [4.78, 5) is 24.4. The highest BCUT2D eigenvalue weighted by molar-refractivity contribution is 6.04. The zero-order valence-corrected chi connectivity index (χ0v) is 11.6. The van der Waals surface area contributed by atoms with Crippen molar-refractivity contribution in [3.8, 4) is 0 Å². The fraction of sp³-hybridized carbons (Fsp3) is 0. The third-order valence-corrected chi connectivity index (χ3v) is 2.87. The summed E-state index contributed by atoms with van der Waals surface area (Å²) in [6.07, 6.45) is 6.54. The lowest BCUT2D eigenvalue weighted by atomic mass is 10.2. The van der Waals surface area contributed by atoms with E-state index in [1.165, 1.54) is 0 Å². The van der Waals surface area contributed by atoms with Crippen molar-refractivity contribution >= 4 is 23.2 Å². The highest BCUT2D eigenvalue weighted by atomic mass is 16.1. The molecule has 0 spiro atoms. The van der Waals surface area contributed by atoms with Gasteiger partial charge in [0.2, 0.25) is 5.95 Å². The van der Waals surface area contributed by atoms with Crippen LogP contribution in [0.4, 0.5) is 17.3 Å². The van der Waals surface area contributed by atoms with Gasteiger partial charge in [0, 0.05) is 29.8 Å². The summed E-state index contributed by atoms with van der Waals surface area (Å²) in [5, 5.41) is 5.84. The molecule has 6 heteroatoms. The smallest absolute Gasteiger partial charge is 0.255 e. The average Bonchev–Trinajstić information content (AvgIpc) is 2.57. The number of carbonyl (C=O) groups excluding carboxylic acids is 1. The molecule has 1 aromatic carbocycles. The molecule has 1 amide bonds. The van der Waals surface area contributed by atoms with Crippen LogP contribution in [0.3, 0.4) is 0 Å². The van der Waals surface area contributed by atoms with Crippen molar-refractivity contribution in [2.75, 3.05) is 10.6 Å². The Morgan fingerprint density at radius 2 is 1.73 bits per heavy atom. The predicted octanol–water partition coefficient (Wildman–Crippen LogP) is 2.87. The molecule has 0 aliphatic heterocycles. The van der Waals surface area contributed by atoms with E-state index in [4.69, 9.17) is 0 Å². The highest BCUT2D eigenvalue weighted by Crippen LogP contribution is 2.15. The topological polar surface area (TPSA) is 79.8 Å². The number of rotatable bonds is 4. The second-order valence-electron chi connectivity index (χ2n) is 4.47. The average molecular weight is 291 g/mol. The van der Waals surface area contributed by atoms with E-state index in [0.717, 1.165) is 5.69 Å². The predicted molar refractivity (Wildman–Crippen MR) is 83.9 cm³/mol. The number of pyridine rings is 1. The first-order chi connectivity index (χ1) is 10.8. The van der Waals surface area contributed by atoms with Crippen molar-refractivity contribution in [2.24, 2.45) is 0 Å². The van der Waals surface area contributed by atoms with Crippen molar-refractivity contribution in [2.45, 2.75) is 0 Å². The summed E-state index contributed by atoms with van der Waals surface area (Å²) in [6, 6.07) is 12.4.